The summed E-state index contributed by atoms with van der Waals surface area (Å²) < 4.78 is 56.1. The monoisotopic (exact) mass is 504 g/mol. The van der Waals surface area contributed by atoms with Gasteiger partial charge in [0.15, 0.2) is 0 Å². The minimum absolute atomic E-state index is 0.114. The van der Waals surface area contributed by atoms with Crippen LogP contribution in [0.3, 0.4) is 0 Å². The molecule has 4 rings (SSSR count). The van der Waals surface area contributed by atoms with Gasteiger partial charge in [0.25, 0.3) is 20.0 Å². The lowest BCUT2D eigenvalue weighted by molar-refractivity contribution is 0.393. The number of hydrogen-bond donors (Lipinski definition) is 0. The molecule has 0 heterocycles. The predicted molar refractivity (Wildman–Crippen MR) is 134 cm³/mol. The van der Waals surface area contributed by atoms with Crippen LogP contribution < -0.4 is 0 Å². The lowest BCUT2D eigenvalue weighted by atomic mass is 9.90. The Hall–Kier alpha value is -3.47. The Morgan fingerprint density at radius 3 is 1.71 bits per heavy atom. The molecule has 1 saturated carbocycles. The van der Waals surface area contributed by atoms with E-state index in [1.165, 1.54) is 24.3 Å². The molecule has 3 aromatic rings. The van der Waals surface area contributed by atoms with Crippen LogP contribution in [-0.2, 0) is 20.0 Å². The maximum atomic E-state index is 13.9. The number of nitriles is 1. The fourth-order valence-corrected chi connectivity index (χ4v) is 8.26. The second kappa shape index (κ2) is 10.4. The van der Waals surface area contributed by atoms with Gasteiger partial charge in [-0.05, 0) is 49.1 Å². The molecular weight excluding hydrogens is 480 g/mol. The second-order valence-electron chi connectivity index (χ2n) is 8.13. The Balaban J connectivity index is 1.96. The van der Waals surface area contributed by atoms with E-state index in [0.717, 1.165) is 6.42 Å². The number of hydrogen-bond acceptors (Lipinski definition) is 5. The zero-order valence-electron chi connectivity index (χ0n) is 18.9. The van der Waals surface area contributed by atoms with Crippen LogP contribution in [0, 0.1) is 11.3 Å². The lowest BCUT2D eigenvalue weighted by Gasteiger charge is -2.33. The highest BCUT2D eigenvalue weighted by Gasteiger charge is 2.44. The van der Waals surface area contributed by atoms with Crippen molar-refractivity contribution in [2.24, 2.45) is 0 Å². The van der Waals surface area contributed by atoms with Crippen LogP contribution in [0.25, 0.3) is 5.57 Å². The molecule has 0 N–H and O–H groups in total. The summed E-state index contributed by atoms with van der Waals surface area (Å²) in [6, 6.07) is 25.2. The molecule has 0 aliphatic heterocycles. The van der Waals surface area contributed by atoms with Crippen LogP contribution in [0.1, 0.15) is 31.2 Å². The van der Waals surface area contributed by atoms with Gasteiger partial charge in [-0.15, -0.1) is 5.73 Å². The number of benzene rings is 3. The first-order valence-electron chi connectivity index (χ1n) is 11.2. The molecule has 0 unspecified atom stereocenters. The van der Waals surface area contributed by atoms with Crippen LogP contribution in [0.15, 0.2) is 112 Å². The van der Waals surface area contributed by atoms with Gasteiger partial charge in [0.05, 0.1) is 15.8 Å². The van der Waals surface area contributed by atoms with Gasteiger partial charge in [0.2, 0.25) is 0 Å². The molecule has 1 aliphatic carbocycles. The first kappa shape index (κ1) is 24.6. The van der Waals surface area contributed by atoms with Crippen molar-refractivity contribution >= 4 is 25.6 Å². The van der Waals surface area contributed by atoms with Crippen LogP contribution in [0.4, 0.5) is 0 Å². The highest BCUT2D eigenvalue weighted by Crippen LogP contribution is 2.36. The van der Waals surface area contributed by atoms with E-state index in [4.69, 9.17) is 0 Å². The summed E-state index contributed by atoms with van der Waals surface area (Å²) in [5, 5.41) is 9.80. The standard InChI is InChI=1S/C27H24N2O4S2/c28-21-24(22-12-4-1-5-13-22)20-23-14-10-11-19-27(23)29(34(30,31)25-15-6-2-7-16-25)35(32,33)26-17-8-3-9-18-26/h1-9,12-13,15-18,27H,10-11,14,19H2/t20?,27-/m0/s1. The van der Waals surface area contributed by atoms with E-state index < -0.39 is 26.1 Å². The van der Waals surface area contributed by atoms with Crippen LogP contribution in [0.2, 0.25) is 0 Å². The van der Waals surface area contributed by atoms with Crippen molar-refractivity contribution in [3.63, 3.8) is 0 Å². The first-order chi connectivity index (χ1) is 16.9. The first-order valence-corrected chi connectivity index (χ1v) is 14.1. The highest BCUT2D eigenvalue weighted by molar-refractivity contribution is 8.04. The molecule has 35 heavy (non-hydrogen) atoms. The van der Waals surface area contributed by atoms with E-state index >= 15 is 0 Å². The zero-order chi connectivity index (χ0) is 24.9. The Morgan fingerprint density at radius 2 is 1.23 bits per heavy atom. The van der Waals surface area contributed by atoms with Gasteiger partial charge < -0.3 is 0 Å². The average molecular weight is 505 g/mol. The number of nitrogens with zero attached hydrogens (tertiary/aromatic N) is 2. The van der Waals surface area contributed by atoms with Crippen molar-refractivity contribution in [1.82, 2.24) is 3.71 Å². The van der Waals surface area contributed by atoms with E-state index in [-0.39, 0.29) is 15.4 Å². The Bertz CT molecular complexity index is 1430. The van der Waals surface area contributed by atoms with E-state index in [1.807, 2.05) is 6.07 Å². The van der Waals surface area contributed by atoms with Gasteiger partial charge in [0.1, 0.15) is 11.6 Å². The molecule has 0 saturated heterocycles. The summed E-state index contributed by atoms with van der Waals surface area (Å²) >= 11 is 0. The van der Waals surface area contributed by atoms with Crippen molar-refractivity contribution < 1.29 is 16.8 Å². The van der Waals surface area contributed by atoms with Crippen molar-refractivity contribution in [3.8, 4) is 6.07 Å². The summed E-state index contributed by atoms with van der Waals surface area (Å²) in [6.07, 6.45) is 2.13. The summed E-state index contributed by atoms with van der Waals surface area (Å²) in [6.45, 7) is 0. The molecule has 0 spiro atoms. The fourth-order valence-electron chi connectivity index (χ4n) is 4.16. The predicted octanol–water partition coefficient (Wildman–Crippen LogP) is 5.14. The quantitative estimate of drug-likeness (QED) is 0.342. The topological polar surface area (TPSA) is 95.3 Å². The smallest absolute Gasteiger partial charge is 0.206 e. The van der Waals surface area contributed by atoms with E-state index in [9.17, 15) is 22.1 Å². The molecule has 0 radical (unpaired) electrons. The maximum Gasteiger partial charge on any atom is 0.256 e. The average Bonchev–Trinajstić information content (AvgIpc) is 2.89. The summed E-state index contributed by atoms with van der Waals surface area (Å²) in [5.41, 5.74) is 4.46. The van der Waals surface area contributed by atoms with Gasteiger partial charge in [-0.2, -0.15) is 5.26 Å². The number of rotatable bonds is 6. The van der Waals surface area contributed by atoms with Gasteiger partial charge in [0, 0.05) is 5.56 Å². The minimum Gasteiger partial charge on any atom is -0.206 e. The molecule has 6 nitrogen and oxygen atoms in total. The molecule has 8 heteroatoms. The highest BCUT2D eigenvalue weighted by atomic mass is 32.3. The molecular formula is C27H24N2O4S2. The van der Waals surface area contributed by atoms with Gasteiger partial charge in [-0.25, -0.2) is 16.8 Å². The van der Waals surface area contributed by atoms with Crippen molar-refractivity contribution in [3.05, 3.63) is 108 Å². The Labute approximate surface area is 206 Å². The minimum atomic E-state index is -4.45. The SMILES string of the molecule is N#CC(=C=C1CCCC[C@@H]1N(S(=O)(=O)c1ccccc1)S(=O)(=O)c1ccccc1)c1ccccc1. The summed E-state index contributed by atoms with van der Waals surface area (Å²) in [5.74, 6) is 0. The molecule has 1 atom stereocenters. The van der Waals surface area contributed by atoms with Crippen LogP contribution in [-0.4, -0.2) is 26.6 Å². The zero-order valence-corrected chi connectivity index (χ0v) is 20.5. The van der Waals surface area contributed by atoms with Crippen molar-refractivity contribution in [2.45, 2.75) is 41.5 Å². The normalized spacial score (nSPS) is 16.3. The van der Waals surface area contributed by atoms with Crippen LogP contribution in [0.5, 0.6) is 0 Å². The Kier molecular flexibility index (Phi) is 7.34. The third kappa shape index (κ3) is 5.14. The molecule has 178 valence electrons. The Morgan fingerprint density at radius 1 is 0.743 bits per heavy atom. The molecule has 0 bridgehead atoms. The second-order valence-corrected chi connectivity index (χ2v) is 12.0. The fraction of sp³-hybridized carbons (Fsp3) is 0.185. The van der Waals surface area contributed by atoms with E-state index in [1.54, 1.807) is 60.7 Å². The molecule has 1 aliphatic rings. The van der Waals surface area contributed by atoms with E-state index in [2.05, 4.69) is 11.8 Å². The van der Waals surface area contributed by atoms with Crippen molar-refractivity contribution in [2.75, 3.05) is 0 Å². The number of sulfonamides is 2. The van der Waals surface area contributed by atoms with Gasteiger partial charge >= 0.3 is 0 Å². The lowest BCUT2D eigenvalue weighted by Crippen LogP contribution is -2.46. The van der Waals surface area contributed by atoms with Crippen molar-refractivity contribution in [1.29, 1.82) is 5.26 Å². The molecule has 3 aromatic carbocycles. The molecule has 1 fully saturated rings. The largest absolute Gasteiger partial charge is 0.256 e. The third-order valence-electron chi connectivity index (χ3n) is 5.85. The third-order valence-corrected chi connectivity index (χ3v) is 10.2. The van der Waals surface area contributed by atoms with Gasteiger partial charge in [-0.1, -0.05) is 76.9 Å². The summed E-state index contributed by atoms with van der Waals surface area (Å²) in [4.78, 5) is -0.228. The summed E-state index contributed by atoms with van der Waals surface area (Å²) in [7, 11) is -8.91. The van der Waals surface area contributed by atoms with Crippen LogP contribution >= 0.6 is 0 Å². The van der Waals surface area contributed by atoms with E-state index in [0.29, 0.717) is 34.1 Å². The molecule has 0 amide bonds. The molecule has 0 aromatic heterocycles. The maximum absolute atomic E-state index is 13.9. The van der Waals surface area contributed by atoms with Gasteiger partial charge in [-0.3, -0.25) is 0 Å².